The van der Waals surface area contributed by atoms with Crippen molar-refractivity contribution >= 4 is 21.6 Å². The van der Waals surface area contributed by atoms with Crippen molar-refractivity contribution in [2.75, 3.05) is 18.4 Å². The Labute approximate surface area is 155 Å². The second kappa shape index (κ2) is 8.01. The van der Waals surface area contributed by atoms with Gasteiger partial charge in [-0.1, -0.05) is 48.4 Å². The third-order valence-corrected chi connectivity index (χ3v) is 6.54. The van der Waals surface area contributed by atoms with Crippen molar-refractivity contribution in [3.63, 3.8) is 0 Å². The molecule has 2 aromatic rings. The summed E-state index contributed by atoms with van der Waals surface area (Å²) in [6, 6.07) is 14.4. The Morgan fingerprint density at radius 1 is 1.00 bits per heavy atom. The van der Waals surface area contributed by atoms with Crippen LogP contribution < -0.4 is 5.32 Å². The number of aryl methyl sites for hydroxylation is 1. The maximum absolute atomic E-state index is 13.0. The van der Waals surface area contributed by atoms with Crippen molar-refractivity contribution in [2.24, 2.45) is 0 Å². The number of anilines is 1. The largest absolute Gasteiger partial charge is 0.325 e. The Kier molecular flexibility index (Phi) is 5.74. The highest BCUT2D eigenvalue weighted by Gasteiger charge is 2.28. The molecule has 1 fully saturated rings. The van der Waals surface area contributed by atoms with Crippen LogP contribution in [0.4, 0.5) is 5.69 Å². The van der Waals surface area contributed by atoms with E-state index in [-0.39, 0.29) is 17.2 Å². The average molecular weight is 372 g/mol. The van der Waals surface area contributed by atoms with E-state index >= 15 is 0 Å². The molecular weight excluding hydrogens is 348 g/mol. The molecule has 1 heterocycles. The van der Waals surface area contributed by atoms with Gasteiger partial charge in [-0.25, -0.2) is 8.42 Å². The summed E-state index contributed by atoms with van der Waals surface area (Å²) in [7, 11) is -3.60. The second-order valence-corrected chi connectivity index (χ2v) is 8.58. The number of amides is 1. The van der Waals surface area contributed by atoms with E-state index in [1.54, 1.807) is 24.3 Å². The molecule has 5 nitrogen and oxygen atoms in total. The third kappa shape index (κ3) is 4.31. The van der Waals surface area contributed by atoms with Gasteiger partial charge in [0.15, 0.2) is 0 Å². The van der Waals surface area contributed by atoms with Crippen molar-refractivity contribution < 1.29 is 13.2 Å². The number of hydrogen-bond acceptors (Lipinski definition) is 3. The van der Waals surface area contributed by atoms with Gasteiger partial charge in [0.25, 0.3) is 0 Å². The molecule has 1 aliphatic rings. The quantitative estimate of drug-likeness (QED) is 0.875. The first-order valence-corrected chi connectivity index (χ1v) is 10.4. The fraction of sp³-hybridized carbons (Fsp3) is 0.350. The normalized spacial score (nSPS) is 15.6. The molecule has 2 aromatic carbocycles. The van der Waals surface area contributed by atoms with E-state index in [0.717, 1.165) is 30.4 Å². The molecule has 0 radical (unpaired) electrons. The Balaban J connectivity index is 1.78. The van der Waals surface area contributed by atoms with E-state index in [4.69, 9.17) is 0 Å². The molecular formula is C20H24N2O3S. The van der Waals surface area contributed by atoms with Crippen LogP contribution in [0, 0.1) is 6.92 Å². The van der Waals surface area contributed by atoms with Crippen molar-refractivity contribution in [3.8, 4) is 0 Å². The Morgan fingerprint density at radius 3 is 2.35 bits per heavy atom. The minimum absolute atomic E-state index is 0.166. The minimum atomic E-state index is -3.60. The van der Waals surface area contributed by atoms with E-state index in [1.165, 1.54) is 4.31 Å². The molecule has 0 aliphatic carbocycles. The first-order valence-electron chi connectivity index (χ1n) is 8.91. The summed E-state index contributed by atoms with van der Waals surface area (Å²) >= 11 is 0. The van der Waals surface area contributed by atoms with Crippen LogP contribution in [-0.2, 0) is 21.2 Å². The highest BCUT2D eigenvalue weighted by molar-refractivity contribution is 7.89. The monoisotopic (exact) mass is 372 g/mol. The molecule has 1 saturated heterocycles. The maximum atomic E-state index is 13.0. The number of benzene rings is 2. The predicted octanol–water partition coefficient (Wildman–Crippen LogP) is 3.35. The van der Waals surface area contributed by atoms with Crippen LogP contribution in [0.2, 0.25) is 0 Å². The van der Waals surface area contributed by atoms with Gasteiger partial charge in [-0.3, -0.25) is 4.79 Å². The topological polar surface area (TPSA) is 66.5 Å². The number of nitrogens with one attached hydrogen (secondary N) is 1. The van der Waals surface area contributed by atoms with Crippen LogP contribution in [0.1, 0.15) is 30.4 Å². The summed E-state index contributed by atoms with van der Waals surface area (Å²) in [5.74, 6) is -0.227. The lowest BCUT2D eigenvalue weighted by Gasteiger charge is -2.26. The average Bonchev–Trinajstić information content (AvgIpc) is 2.64. The minimum Gasteiger partial charge on any atom is -0.325 e. The molecule has 0 unspecified atom stereocenters. The smallest absolute Gasteiger partial charge is 0.245 e. The first kappa shape index (κ1) is 18.6. The molecule has 6 heteroatoms. The fourth-order valence-corrected chi connectivity index (χ4v) is 4.79. The van der Waals surface area contributed by atoms with Gasteiger partial charge >= 0.3 is 0 Å². The second-order valence-electron chi connectivity index (χ2n) is 6.67. The van der Waals surface area contributed by atoms with Gasteiger partial charge in [-0.15, -0.1) is 0 Å². The number of sulfonamides is 1. The van der Waals surface area contributed by atoms with Crippen molar-refractivity contribution in [1.82, 2.24) is 4.31 Å². The summed E-state index contributed by atoms with van der Waals surface area (Å²) < 4.78 is 27.4. The number of nitrogens with zero attached hydrogens (tertiary/aromatic N) is 1. The zero-order valence-electron chi connectivity index (χ0n) is 14.9. The van der Waals surface area contributed by atoms with Gasteiger partial charge in [-0.05, 0) is 37.5 Å². The maximum Gasteiger partial charge on any atom is 0.245 e. The summed E-state index contributed by atoms with van der Waals surface area (Å²) in [4.78, 5) is 12.6. The van der Waals surface area contributed by atoms with Gasteiger partial charge < -0.3 is 5.32 Å². The SMILES string of the molecule is Cc1ccc(CC(=O)Nc2ccccc2S(=O)(=O)N2CCCCC2)cc1. The molecule has 0 bridgehead atoms. The lowest BCUT2D eigenvalue weighted by Crippen LogP contribution is -2.36. The fourth-order valence-electron chi connectivity index (χ4n) is 3.12. The summed E-state index contributed by atoms with van der Waals surface area (Å²) in [5, 5.41) is 2.77. The lowest BCUT2D eigenvalue weighted by molar-refractivity contribution is -0.115. The van der Waals surface area contributed by atoms with Gasteiger partial charge in [0.05, 0.1) is 12.1 Å². The van der Waals surface area contributed by atoms with Crippen LogP contribution >= 0.6 is 0 Å². The molecule has 0 spiro atoms. The molecule has 0 saturated carbocycles. The number of hydrogen-bond donors (Lipinski definition) is 1. The standard InChI is InChI=1S/C20H24N2O3S/c1-16-9-11-17(12-10-16)15-20(23)21-18-7-3-4-8-19(18)26(24,25)22-13-5-2-6-14-22/h3-4,7-12H,2,5-6,13-15H2,1H3,(H,21,23). The van der Waals surface area contributed by atoms with Gasteiger partial charge in [0, 0.05) is 13.1 Å². The van der Waals surface area contributed by atoms with Gasteiger partial charge in [0.2, 0.25) is 15.9 Å². The summed E-state index contributed by atoms with van der Waals surface area (Å²) in [5.41, 5.74) is 2.37. The van der Waals surface area contributed by atoms with Crippen LogP contribution in [-0.4, -0.2) is 31.7 Å². The van der Waals surface area contributed by atoms with E-state index in [1.807, 2.05) is 31.2 Å². The van der Waals surface area contributed by atoms with Gasteiger partial charge in [0.1, 0.15) is 4.90 Å². The first-order chi connectivity index (χ1) is 12.5. The Morgan fingerprint density at radius 2 is 1.65 bits per heavy atom. The van der Waals surface area contributed by atoms with Crippen molar-refractivity contribution in [3.05, 3.63) is 59.7 Å². The third-order valence-electron chi connectivity index (χ3n) is 4.58. The Bertz CT molecular complexity index is 870. The molecule has 138 valence electrons. The van der Waals surface area contributed by atoms with E-state index < -0.39 is 10.0 Å². The van der Waals surface area contributed by atoms with Gasteiger partial charge in [-0.2, -0.15) is 4.31 Å². The van der Waals surface area contributed by atoms with E-state index in [0.29, 0.717) is 18.8 Å². The number of piperidine rings is 1. The van der Waals surface area contributed by atoms with E-state index in [9.17, 15) is 13.2 Å². The van der Waals surface area contributed by atoms with Crippen molar-refractivity contribution in [1.29, 1.82) is 0 Å². The molecule has 0 aromatic heterocycles. The number of para-hydroxylation sites is 1. The number of carbonyl (C=O) groups is 1. The summed E-state index contributed by atoms with van der Waals surface area (Å²) in [6.45, 7) is 3.06. The van der Waals surface area contributed by atoms with Crippen LogP contribution in [0.3, 0.4) is 0 Å². The molecule has 0 atom stereocenters. The lowest BCUT2D eigenvalue weighted by atomic mass is 10.1. The molecule has 1 amide bonds. The molecule has 3 rings (SSSR count). The van der Waals surface area contributed by atoms with E-state index in [2.05, 4.69) is 5.32 Å². The number of carbonyl (C=O) groups excluding carboxylic acids is 1. The predicted molar refractivity (Wildman–Crippen MR) is 103 cm³/mol. The zero-order valence-corrected chi connectivity index (χ0v) is 15.8. The number of rotatable bonds is 5. The highest BCUT2D eigenvalue weighted by atomic mass is 32.2. The van der Waals surface area contributed by atoms with Crippen LogP contribution in [0.5, 0.6) is 0 Å². The van der Waals surface area contributed by atoms with Crippen LogP contribution in [0.25, 0.3) is 0 Å². The summed E-state index contributed by atoms with van der Waals surface area (Å²) in [6.07, 6.45) is 3.02. The highest BCUT2D eigenvalue weighted by Crippen LogP contribution is 2.27. The Hall–Kier alpha value is -2.18. The van der Waals surface area contributed by atoms with Crippen LogP contribution in [0.15, 0.2) is 53.4 Å². The zero-order chi connectivity index (χ0) is 18.6. The molecule has 1 aliphatic heterocycles. The van der Waals surface area contributed by atoms with Crippen molar-refractivity contribution in [2.45, 2.75) is 37.5 Å². The molecule has 26 heavy (non-hydrogen) atoms. The molecule has 1 N–H and O–H groups in total.